The molecular formula is C45H52N4O5S. The fraction of sp³-hybridized carbons (Fsp3) is 0.356. The lowest BCUT2D eigenvalue weighted by Gasteiger charge is -2.25. The molecule has 0 saturated carbocycles. The van der Waals surface area contributed by atoms with Crippen LogP contribution >= 0.6 is 11.3 Å². The molecule has 5 aromatic rings. The Kier molecular flexibility index (Phi) is 14.3. The number of thiophene rings is 1. The highest BCUT2D eigenvalue weighted by molar-refractivity contribution is 7.14. The molecule has 0 aliphatic rings. The van der Waals surface area contributed by atoms with E-state index in [9.17, 15) is 19.5 Å². The van der Waals surface area contributed by atoms with Gasteiger partial charge in [-0.3, -0.25) is 9.59 Å². The van der Waals surface area contributed by atoms with E-state index >= 15 is 0 Å². The summed E-state index contributed by atoms with van der Waals surface area (Å²) in [5.41, 5.74) is 4.08. The van der Waals surface area contributed by atoms with Crippen LogP contribution in [0.25, 0.3) is 22.5 Å². The molecule has 0 spiro atoms. The predicted molar refractivity (Wildman–Crippen MR) is 220 cm³/mol. The molecule has 2 amide bonds. The van der Waals surface area contributed by atoms with E-state index in [-0.39, 0.29) is 11.8 Å². The third kappa shape index (κ3) is 11.6. The Hall–Kier alpha value is -5.35. The standard InChI is InChI=1S/C45H52N4O5S/c1-6-7-8-9-13-26-54-36-22-20-33(21-23-36)35-28-46-41(47-29-35)34-18-16-31(17-19-34)27-37(48-43(51)38-24-25-39(55-38)45(3,4)5)42(50)49-40(44(52)53)30(2)32-14-11-10-12-15-32/h10-12,14-25,28-30,37,40H,6-9,13,26-27H2,1-5H3,(H,48,51)(H,49,50)(H,52,53)/t30?,37-,40+/m0/s1. The largest absolute Gasteiger partial charge is 0.494 e. The van der Waals surface area contributed by atoms with Gasteiger partial charge < -0.3 is 20.5 Å². The van der Waals surface area contributed by atoms with Crippen LogP contribution in [0.4, 0.5) is 0 Å². The van der Waals surface area contributed by atoms with E-state index in [4.69, 9.17) is 4.74 Å². The number of carboxylic acid groups (broad SMARTS) is 1. The van der Waals surface area contributed by atoms with Crippen LogP contribution < -0.4 is 15.4 Å². The number of nitrogens with zero attached hydrogens (tertiary/aromatic N) is 2. The third-order valence-electron chi connectivity index (χ3n) is 9.59. The van der Waals surface area contributed by atoms with Crippen LogP contribution in [-0.2, 0) is 21.4 Å². The Morgan fingerprint density at radius 1 is 0.782 bits per heavy atom. The number of unbranched alkanes of at least 4 members (excludes halogenated alkanes) is 4. The van der Waals surface area contributed by atoms with Crippen LogP contribution in [0.3, 0.4) is 0 Å². The van der Waals surface area contributed by atoms with Crippen molar-refractivity contribution in [2.75, 3.05) is 6.61 Å². The lowest BCUT2D eigenvalue weighted by Crippen LogP contribution is -2.53. The number of aromatic nitrogens is 2. The number of nitrogens with one attached hydrogen (secondary N) is 2. The molecule has 5 rings (SSSR count). The van der Waals surface area contributed by atoms with E-state index in [2.05, 4.69) is 48.3 Å². The molecule has 55 heavy (non-hydrogen) atoms. The van der Waals surface area contributed by atoms with Crippen molar-refractivity contribution in [3.63, 3.8) is 0 Å². The average molecular weight is 761 g/mol. The van der Waals surface area contributed by atoms with Gasteiger partial charge in [-0.2, -0.15) is 0 Å². The van der Waals surface area contributed by atoms with Gasteiger partial charge in [0.2, 0.25) is 5.91 Å². The lowest BCUT2D eigenvalue weighted by molar-refractivity contribution is -0.142. The van der Waals surface area contributed by atoms with Gasteiger partial charge in [-0.25, -0.2) is 14.8 Å². The zero-order valence-electron chi connectivity index (χ0n) is 32.4. The summed E-state index contributed by atoms with van der Waals surface area (Å²) >= 11 is 1.38. The number of hydrogen-bond acceptors (Lipinski definition) is 7. The van der Waals surface area contributed by atoms with E-state index in [1.165, 1.54) is 37.0 Å². The minimum absolute atomic E-state index is 0.137. The van der Waals surface area contributed by atoms with Gasteiger partial charge >= 0.3 is 5.97 Å². The van der Waals surface area contributed by atoms with Gasteiger partial charge in [-0.05, 0) is 52.8 Å². The molecule has 1 unspecified atom stereocenters. The van der Waals surface area contributed by atoms with Gasteiger partial charge in [-0.1, -0.05) is 127 Å². The molecule has 0 fully saturated rings. The molecule has 3 aromatic carbocycles. The number of amides is 2. The fourth-order valence-electron chi connectivity index (χ4n) is 6.20. The zero-order valence-corrected chi connectivity index (χ0v) is 33.2. The monoisotopic (exact) mass is 760 g/mol. The highest BCUT2D eigenvalue weighted by atomic mass is 32.1. The first-order valence-corrected chi connectivity index (χ1v) is 19.9. The molecule has 0 radical (unpaired) electrons. The first kappa shape index (κ1) is 40.8. The molecule has 0 saturated heterocycles. The number of benzene rings is 3. The summed E-state index contributed by atoms with van der Waals surface area (Å²) in [5.74, 6) is -1.25. The molecule has 9 nitrogen and oxygen atoms in total. The number of rotatable bonds is 18. The molecule has 0 aliphatic heterocycles. The summed E-state index contributed by atoms with van der Waals surface area (Å²) < 4.78 is 5.91. The van der Waals surface area contributed by atoms with Crippen LogP contribution in [0.5, 0.6) is 5.75 Å². The number of ether oxygens (including phenoxy) is 1. The average Bonchev–Trinajstić information content (AvgIpc) is 3.71. The molecule has 0 bridgehead atoms. The van der Waals surface area contributed by atoms with Gasteiger partial charge in [0, 0.05) is 40.7 Å². The Bertz CT molecular complexity index is 1990. The predicted octanol–water partition coefficient (Wildman–Crippen LogP) is 9.23. The smallest absolute Gasteiger partial charge is 0.326 e. The van der Waals surface area contributed by atoms with Gasteiger partial charge in [0.1, 0.15) is 17.8 Å². The quantitative estimate of drug-likeness (QED) is 0.0760. The summed E-state index contributed by atoms with van der Waals surface area (Å²) in [7, 11) is 0. The van der Waals surface area contributed by atoms with Gasteiger partial charge in [0.25, 0.3) is 5.91 Å². The van der Waals surface area contributed by atoms with Crippen LogP contribution in [0.1, 0.15) is 98.3 Å². The number of hydrogen-bond donors (Lipinski definition) is 3. The number of aliphatic carboxylic acids is 1. The van der Waals surface area contributed by atoms with Gasteiger partial charge in [-0.15, -0.1) is 11.3 Å². The summed E-state index contributed by atoms with van der Waals surface area (Å²) in [4.78, 5) is 50.5. The van der Waals surface area contributed by atoms with Gasteiger partial charge in [0.15, 0.2) is 5.82 Å². The maximum absolute atomic E-state index is 13.9. The summed E-state index contributed by atoms with van der Waals surface area (Å²) in [5, 5.41) is 15.7. The molecular weight excluding hydrogens is 709 g/mol. The molecule has 0 aliphatic carbocycles. The second-order valence-corrected chi connectivity index (χ2v) is 16.0. The molecule has 2 aromatic heterocycles. The fourth-order valence-corrected chi connectivity index (χ4v) is 7.16. The third-order valence-corrected chi connectivity index (χ3v) is 11.1. The topological polar surface area (TPSA) is 131 Å². The van der Waals surface area contributed by atoms with Crippen LogP contribution in [-0.4, -0.2) is 51.5 Å². The lowest BCUT2D eigenvalue weighted by atomic mass is 9.92. The maximum Gasteiger partial charge on any atom is 0.326 e. The first-order chi connectivity index (χ1) is 26.4. The van der Waals surface area contributed by atoms with Crippen molar-refractivity contribution in [3.8, 4) is 28.3 Å². The Morgan fingerprint density at radius 2 is 1.44 bits per heavy atom. The van der Waals surface area contributed by atoms with Crippen molar-refractivity contribution < 1.29 is 24.2 Å². The number of carbonyl (C=O) groups is 3. The van der Waals surface area contributed by atoms with Crippen molar-refractivity contribution in [3.05, 3.63) is 124 Å². The van der Waals surface area contributed by atoms with E-state index in [1.807, 2.05) is 84.9 Å². The van der Waals surface area contributed by atoms with E-state index in [1.54, 1.807) is 25.4 Å². The van der Waals surface area contributed by atoms with Crippen molar-refractivity contribution in [2.24, 2.45) is 0 Å². The maximum atomic E-state index is 13.9. The van der Waals surface area contributed by atoms with Crippen LogP contribution in [0, 0.1) is 0 Å². The number of carbonyl (C=O) groups excluding carboxylic acids is 2. The number of carboxylic acids is 1. The van der Waals surface area contributed by atoms with Gasteiger partial charge in [0.05, 0.1) is 11.5 Å². The van der Waals surface area contributed by atoms with Crippen molar-refractivity contribution in [2.45, 2.75) is 96.6 Å². The Morgan fingerprint density at radius 3 is 2.05 bits per heavy atom. The molecule has 3 atom stereocenters. The SMILES string of the molecule is CCCCCCCOc1ccc(-c2cnc(-c3ccc(C[C@H](NC(=O)c4ccc(C(C)(C)C)s4)C(=O)N[C@@H](C(=O)O)C(C)c4ccccc4)cc3)nc2)cc1. The summed E-state index contributed by atoms with van der Waals surface area (Å²) in [6, 6.07) is 26.1. The molecule has 2 heterocycles. The summed E-state index contributed by atoms with van der Waals surface area (Å²) in [6.45, 7) is 10.9. The van der Waals surface area contributed by atoms with Crippen molar-refractivity contribution in [1.82, 2.24) is 20.6 Å². The first-order valence-electron chi connectivity index (χ1n) is 19.1. The Balaban J connectivity index is 1.27. The molecule has 3 N–H and O–H groups in total. The van der Waals surface area contributed by atoms with Crippen molar-refractivity contribution >= 4 is 29.1 Å². The summed E-state index contributed by atoms with van der Waals surface area (Å²) in [6.07, 6.45) is 9.71. The molecule has 10 heteroatoms. The van der Waals surface area contributed by atoms with Crippen LogP contribution in [0.2, 0.25) is 0 Å². The molecule has 288 valence electrons. The van der Waals surface area contributed by atoms with Crippen molar-refractivity contribution in [1.29, 1.82) is 0 Å². The second kappa shape index (κ2) is 19.3. The minimum Gasteiger partial charge on any atom is -0.494 e. The highest BCUT2D eigenvalue weighted by Crippen LogP contribution is 2.30. The normalized spacial score (nSPS) is 13.0. The van der Waals surface area contributed by atoms with E-state index < -0.39 is 35.8 Å². The van der Waals surface area contributed by atoms with Crippen LogP contribution in [0.15, 0.2) is 103 Å². The van der Waals surface area contributed by atoms with E-state index in [0.717, 1.165) is 51.5 Å². The zero-order chi connectivity index (χ0) is 39.4. The minimum atomic E-state index is -1.21. The Labute approximate surface area is 328 Å². The second-order valence-electron chi connectivity index (χ2n) is 14.9. The van der Waals surface area contributed by atoms with E-state index in [0.29, 0.717) is 10.7 Å². The highest BCUT2D eigenvalue weighted by Gasteiger charge is 2.32.